The van der Waals surface area contributed by atoms with Gasteiger partial charge in [0.25, 0.3) is 5.91 Å². The number of amides is 1. The molecule has 1 heterocycles. The van der Waals surface area contributed by atoms with Crippen LogP contribution in [-0.4, -0.2) is 27.0 Å². The van der Waals surface area contributed by atoms with Crippen LogP contribution in [0.1, 0.15) is 53.7 Å². The number of hydrazine groups is 1. The molecule has 0 bridgehead atoms. The Balaban J connectivity index is 1.96. The highest BCUT2D eigenvalue weighted by Crippen LogP contribution is 2.30. The number of carbonyl (C=O) groups is 1. The molecule has 1 aromatic carbocycles. The van der Waals surface area contributed by atoms with Gasteiger partial charge in [0.1, 0.15) is 17.8 Å². The fraction of sp³-hybridized carbons (Fsp3) is 0.421. The molecular weight excluding hydrogens is 316 g/mol. The lowest BCUT2D eigenvalue weighted by atomic mass is 9.96. The summed E-state index contributed by atoms with van der Waals surface area (Å²) < 4.78 is 0. The molecule has 0 unspecified atom stereocenters. The fourth-order valence-electron chi connectivity index (χ4n) is 3.22. The van der Waals surface area contributed by atoms with Crippen molar-refractivity contribution in [3.8, 4) is 5.75 Å². The van der Waals surface area contributed by atoms with Crippen LogP contribution in [0.25, 0.3) is 0 Å². The highest BCUT2D eigenvalue weighted by atomic mass is 16.3. The van der Waals surface area contributed by atoms with E-state index < -0.39 is 0 Å². The average molecular weight is 340 g/mol. The maximum atomic E-state index is 13.1. The van der Waals surface area contributed by atoms with Crippen LogP contribution in [0, 0.1) is 13.8 Å². The number of aromatic hydroxyl groups is 1. The van der Waals surface area contributed by atoms with E-state index in [1.807, 2.05) is 13.8 Å². The van der Waals surface area contributed by atoms with Crippen molar-refractivity contribution in [2.75, 3.05) is 5.01 Å². The van der Waals surface area contributed by atoms with Gasteiger partial charge in [-0.25, -0.2) is 20.4 Å². The summed E-state index contributed by atoms with van der Waals surface area (Å²) in [5, 5.41) is 11.5. The summed E-state index contributed by atoms with van der Waals surface area (Å²) in [7, 11) is 0. The monoisotopic (exact) mass is 340 g/mol. The lowest BCUT2D eigenvalue weighted by Gasteiger charge is -2.32. The van der Waals surface area contributed by atoms with E-state index in [9.17, 15) is 9.90 Å². The van der Waals surface area contributed by atoms with Gasteiger partial charge in [-0.05, 0) is 56.0 Å². The number of phenolic OH excluding ortho intramolecular Hbond substituents is 1. The van der Waals surface area contributed by atoms with Gasteiger partial charge in [-0.1, -0.05) is 19.3 Å². The van der Waals surface area contributed by atoms with Crippen LogP contribution >= 0.6 is 0 Å². The molecule has 1 aromatic heterocycles. The van der Waals surface area contributed by atoms with E-state index in [-0.39, 0.29) is 17.7 Å². The molecule has 1 aliphatic rings. The Labute approximate surface area is 147 Å². The predicted molar refractivity (Wildman–Crippen MR) is 96.4 cm³/mol. The molecule has 6 nitrogen and oxygen atoms in total. The molecule has 1 saturated carbocycles. The zero-order valence-corrected chi connectivity index (χ0v) is 14.7. The highest BCUT2D eigenvalue weighted by Gasteiger charge is 2.25. The molecule has 3 rings (SSSR count). The fourth-order valence-corrected chi connectivity index (χ4v) is 3.22. The number of nitrogens with zero attached hydrogens (tertiary/aromatic N) is 3. The Hall–Kier alpha value is -2.47. The van der Waals surface area contributed by atoms with Crippen molar-refractivity contribution in [3.63, 3.8) is 0 Å². The second-order valence-electron chi connectivity index (χ2n) is 6.55. The van der Waals surface area contributed by atoms with Gasteiger partial charge in [0.05, 0.1) is 5.69 Å². The van der Waals surface area contributed by atoms with Gasteiger partial charge in [-0.15, -0.1) is 0 Å². The van der Waals surface area contributed by atoms with Crippen LogP contribution < -0.4 is 10.4 Å². The Bertz CT molecular complexity index is 743. The van der Waals surface area contributed by atoms with Crippen LogP contribution in [0.2, 0.25) is 0 Å². The van der Waals surface area contributed by atoms with Crippen molar-refractivity contribution >= 4 is 11.6 Å². The van der Waals surface area contributed by atoms with Crippen molar-refractivity contribution in [2.24, 2.45) is 0 Å². The number of rotatable bonds is 4. The lowest BCUT2D eigenvalue weighted by molar-refractivity contribution is 0.0960. The quantitative estimate of drug-likeness (QED) is 0.835. The van der Waals surface area contributed by atoms with Gasteiger partial charge in [0.2, 0.25) is 0 Å². The Morgan fingerprint density at radius 1 is 1.16 bits per heavy atom. The zero-order valence-electron chi connectivity index (χ0n) is 14.7. The number of benzene rings is 1. The van der Waals surface area contributed by atoms with E-state index in [0.717, 1.165) is 29.7 Å². The minimum absolute atomic E-state index is 0.221. The van der Waals surface area contributed by atoms with E-state index in [1.54, 1.807) is 29.4 Å². The number of carbonyl (C=O) groups excluding carboxylic acids is 1. The topological polar surface area (TPSA) is 78.4 Å². The standard InChI is InChI=1S/C19H24N4O2/c1-13-14(2)18(24)9-8-17(13)23(22-15-6-4-3-5-7-15)19(25)16-10-11-20-12-21-16/h8-12,15,22,24H,3-7H2,1-2H3. The summed E-state index contributed by atoms with van der Waals surface area (Å²) in [6.07, 6.45) is 8.61. The zero-order chi connectivity index (χ0) is 17.8. The molecule has 0 aliphatic heterocycles. The number of hydrogen-bond acceptors (Lipinski definition) is 5. The van der Waals surface area contributed by atoms with Crippen molar-refractivity contribution < 1.29 is 9.90 Å². The Morgan fingerprint density at radius 2 is 1.92 bits per heavy atom. The average Bonchev–Trinajstić information content (AvgIpc) is 2.66. The second-order valence-corrected chi connectivity index (χ2v) is 6.55. The van der Waals surface area contributed by atoms with E-state index in [2.05, 4.69) is 15.4 Å². The SMILES string of the molecule is Cc1c(O)ccc(N(NC2CCCCC2)C(=O)c2ccncn2)c1C. The van der Waals surface area contributed by atoms with Gasteiger partial charge >= 0.3 is 0 Å². The lowest BCUT2D eigenvalue weighted by Crippen LogP contribution is -2.49. The summed E-state index contributed by atoms with van der Waals surface area (Å²) in [5.41, 5.74) is 6.11. The largest absolute Gasteiger partial charge is 0.508 e. The van der Waals surface area contributed by atoms with Crippen molar-refractivity contribution in [3.05, 3.63) is 47.5 Å². The summed E-state index contributed by atoms with van der Waals surface area (Å²) >= 11 is 0. The van der Waals surface area contributed by atoms with Crippen molar-refractivity contribution in [1.82, 2.24) is 15.4 Å². The first-order valence-electron chi connectivity index (χ1n) is 8.73. The van der Waals surface area contributed by atoms with E-state index in [0.29, 0.717) is 5.69 Å². The number of aromatic nitrogens is 2. The third-order valence-electron chi connectivity index (χ3n) is 4.89. The van der Waals surface area contributed by atoms with Gasteiger partial charge in [-0.3, -0.25) is 4.79 Å². The van der Waals surface area contributed by atoms with E-state index in [4.69, 9.17) is 0 Å². The second kappa shape index (κ2) is 7.61. The molecule has 1 fully saturated rings. The summed E-state index contributed by atoms with van der Waals surface area (Å²) in [4.78, 5) is 21.1. The van der Waals surface area contributed by atoms with Crippen LogP contribution in [-0.2, 0) is 0 Å². The van der Waals surface area contributed by atoms with Crippen LogP contribution in [0.4, 0.5) is 5.69 Å². The molecule has 0 spiro atoms. The minimum Gasteiger partial charge on any atom is -0.508 e. The molecule has 0 atom stereocenters. The van der Waals surface area contributed by atoms with Gasteiger partial charge in [0.15, 0.2) is 0 Å². The van der Waals surface area contributed by atoms with Crippen LogP contribution in [0.3, 0.4) is 0 Å². The first-order chi connectivity index (χ1) is 12.1. The first-order valence-corrected chi connectivity index (χ1v) is 8.73. The maximum Gasteiger partial charge on any atom is 0.291 e. The van der Waals surface area contributed by atoms with Crippen molar-refractivity contribution in [1.29, 1.82) is 0 Å². The number of nitrogens with one attached hydrogen (secondary N) is 1. The van der Waals surface area contributed by atoms with E-state index in [1.165, 1.54) is 25.6 Å². The number of anilines is 1. The first kappa shape index (κ1) is 17.4. The van der Waals surface area contributed by atoms with E-state index >= 15 is 0 Å². The number of hydrogen-bond donors (Lipinski definition) is 2. The predicted octanol–water partition coefficient (Wildman–Crippen LogP) is 3.28. The molecule has 2 aromatic rings. The molecule has 0 radical (unpaired) electrons. The van der Waals surface area contributed by atoms with Gasteiger partial charge in [0, 0.05) is 12.2 Å². The maximum absolute atomic E-state index is 13.1. The van der Waals surface area contributed by atoms with Gasteiger partial charge in [-0.2, -0.15) is 0 Å². The molecule has 1 amide bonds. The Kier molecular flexibility index (Phi) is 5.28. The Morgan fingerprint density at radius 3 is 2.60 bits per heavy atom. The summed E-state index contributed by atoms with van der Waals surface area (Å²) in [5.74, 6) is 0.00881. The third kappa shape index (κ3) is 3.79. The van der Waals surface area contributed by atoms with Gasteiger partial charge < -0.3 is 5.11 Å². The third-order valence-corrected chi connectivity index (χ3v) is 4.89. The molecule has 2 N–H and O–H groups in total. The minimum atomic E-state index is -0.221. The normalized spacial score (nSPS) is 15.1. The molecular formula is C19H24N4O2. The van der Waals surface area contributed by atoms with Crippen molar-refractivity contribution in [2.45, 2.75) is 52.0 Å². The van der Waals surface area contributed by atoms with Crippen LogP contribution in [0.15, 0.2) is 30.7 Å². The molecule has 0 saturated heterocycles. The summed E-state index contributed by atoms with van der Waals surface area (Å²) in [6.45, 7) is 3.76. The molecule has 1 aliphatic carbocycles. The molecule has 25 heavy (non-hydrogen) atoms. The molecule has 6 heteroatoms. The molecule has 132 valence electrons. The van der Waals surface area contributed by atoms with Crippen LogP contribution in [0.5, 0.6) is 5.75 Å². The highest BCUT2D eigenvalue weighted by molar-refractivity contribution is 6.04. The smallest absolute Gasteiger partial charge is 0.291 e. The number of phenols is 1. The summed E-state index contributed by atoms with van der Waals surface area (Å²) in [6, 6.07) is 5.26.